The minimum atomic E-state index is -0.457. The number of halogens is 1. The van der Waals surface area contributed by atoms with Crippen molar-refractivity contribution in [3.63, 3.8) is 0 Å². The number of aromatic nitrogens is 2. The number of nitrogens with one attached hydrogen (secondary N) is 1. The minimum Gasteiger partial charge on any atom is -0.507 e. The molecule has 31 heavy (non-hydrogen) atoms. The van der Waals surface area contributed by atoms with Crippen LogP contribution in [0, 0.1) is 5.82 Å². The lowest BCUT2D eigenvalue weighted by Crippen LogP contribution is -2.37. The number of phenolic OH excluding ortho intramolecular Hbond substituents is 1. The summed E-state index contributed by atoms with van der Waals surface area (Å²) in [5.41, 5.74) is 3.18. The first-order valence-corrected chi connectivity index (χ1v) is 11.6. The molecule has 0 radical (unpaired) electrons. The maximum Gasteiger partial charge on any atom is 0.152 e. The molecule has 4 atom stereocenters. The highest BCUT2D eigenvalue weighted by molar-refractivity contribution is 5.74. The first-order chi connectivity index (χ1) is 15.1. The van der Waals surface area contributed by atoms with Crippen LogP contribution in [0.1, 0.15) is 80.1 Å². The van der Waals surface area contributed by atoms with Crippen molar-refractivity contribution in [2.75, 3.05) is 5.32 Å². The maximum absolute atomic E-state index is 15.2. The summed E-state index contributed by atoms with van der Waals surface area (Å²) < 4.78 is 21.4. The fourth-order valence-corrected chi connectivity index (χ4v) is 5.59. The number of ether oxygens (including phenoxy) is 1. The zero-order valence-electron chi connectivity index (χ0n) is 17.5. The SMILES string of the molecule is Oc1cc(C2CC2)cc(F)c1-c1nnc(N[C@@H]2CCCC[C@H]2O)c2c1C1CCC(C2)O1. The number of benzene rings is 1. The third-order valence-electron chi connectivity index (χ3n) is 7.41. The summed E-state index contributed by atoms with van der Waals surface area (Å²) in [7, 11) is 0. The summed E-state index contributed by atoms with van der Waals surface area (Å²) in [4.78, 5) is 0. The highest BCUT2D eigenvalue weighted by Gasteiger charge is 2.40. The molecule has 2 aliphatic heterocycles. The van der Waals surface area contributed by atoms with Gasteiger partial charge in [-0.3, -0.25) is 0 Å². The Labute approximate surface area is 180 Å². The van der Waals surface area contributed by atoms with Gasteiger partial charge in [0.1, 0.15) is 17.3 Å². The van der Waals surface area contributed by atoms with Crippen LogP contribution in [0.15, 0.2) is 12.1 Å². The molecule has 6 rings (SSSR count). The van der Waals surface area contributed by atoms with Crippen molar-refractivity contribution in [1.29, 1.82) is 0 Å². The van der Waals surface area contributed by atoms with Gasteiger partial charge in [0.15, 0.2) is 5.82 Å². The predicted octanol–water partition coefficient (Wildman–Crippen LogP) is 4.36. The summed E-state index contributed by atoms with van der Waals surface area (Å²) in [6, 6.07) is 3.16. The Morgan fingerprint density at radius 2 is 1.87 bits per heavy atom. The van der Waals surface area contributed by atoms with E-state index < -0.39 is 11.9 Å². The standard InChI is InChI=1S/C24H28FN3O3/c25-16-9-13(12-5-6-12)10-19(30)22(16)23-21-15(11-14-7-8-20(21)31-14)24(28-27-23)26-17-3-1-2-4-18(17)29/h9-10,12,14,17-18,20,29-30H,1-8,11H2,(H,26,28)/t14?,17-,18-,20?/m1/s1. The van der Waals surface area contributed by atoms with Gasteiger partial charge in [0.25, 0.3) is 0 Å². The van der Waals surface area contributed by atoms with Gasteiger partial charge < -0.3 is 20.3 Å². The topological polar surface area (TPSA) is 87.5 Å². The van der Waals surface area contributed by atoms with E-state index in [-0.39, 0.29) is 29.6 Å². The van der Waals surface area contributed by atoms with Crippen LogP contribution in [0.4, 0.5) is 10.2 Å². The Bertz CT molecular complexity index is 1000. The molecule has 0 spiro atoms. The summed E-state index contributed by atoms with van der Waals surface area (Å²) in [6.45, 7) is 0. The number of phenols is 1. The number of fused-ring (bicyclic) bond motifs is 4. The van der Waals surface area contributed by atoms with Crippen LogP contribution < -0.4 is 5.32 Å². The van der Waals surface area contributed by atoms with E-state index >= 15 is 4.39 Å². The van der Waals surface area contributed by atoms with Crippen molar-refractivity contribution >= 4 is 5.82 Å². The smallest absolute Gasteiger partial charge is 0.152 e. The van der Waals surface area contributed by atoms with Crippen molar-refractivity contribution in [3.05, 3.63) is 34.6 Å². The summed E-state index contributed by atoms with van der Waals surface area (Å²) in [5, 5.41) is 33.4. The van der Waals surface area contributed by atoms with E-state index in [4.69, 9.17) is 4.74 Å². The van der Waals surface area contributed by atoms with E-state index in [9.17, 15) is 10.2 Å². The third kappa shape index (κ3) is 3.38. The lowest BCUT2D eigenvalue weighted by Gasteiger charge is -2.32. The van der Waals surface area contributed by atoms with E-state index in [1.807, 2.05) is 0 Å². The summed E-state index contributed by atoms with van der Waals surface area (Å²) in [6.07, 6.45) is 7.90. The summed E-state index contributed by atoms with van der Waals surface area (Å²) >= 11 is 0. The number of hydrogen-bond donors (Lipinski definition) is 3. The Hall–Kier alpha value is -2.25. The number of aliphatic hydroxyl groups is 1. The number of hydrogen-bond acceptors (Lipinski definition) is 6. The molecule has 3 N–H and O–H groups in total. The molecule has 7 heteroatoms. The van der Waals surface area contributed by atoms with Crippen molar-refractivity contribution < 1.29 is 19.3 Å². The van der Waals surface area contributed by atoms with Crippen molar-refractivity contribution in [3.8, 4) is 17.0 Å². The van der Waals surface area contributed by atoms with Gasteiger partial charge in [0, 0.05) is 17.5 Å². The second-order valence-electron chi connectivity index (χ2n) is 9.59. The second-order valence-corrected chi connectivity index (χ2v) is 9.59. The molecule has 1 aromatic heterocycles. The highest BCUT2D eigenvalue weighted by atomic mass is 19.1. The molecule has 3 heterocycles. The molecule has 164 valence electrons. The van der Waals surface area contributed by atoms with Crippen LogP contribution in [0.25, 0.3) is 11.3 Å². The van der Waals surface area contributed by atoms with Crippen molar-refractivity contribution in [1.82, 2.24) is 10.2 Å². The van der Waals surface area contributed by atoms with E-state index in [0.717, 1.165) is 68.1 Å². The molecule has 1 saturated heterocycles. The summed E-state index contributed by atoms with van der Waals surface area (Å²) in [5.74, 6) is 0.477. The van der Waals surface area contributed by atoms with Crippen molar-refractivity contribution in [2.45, 2.75) is 88.1 Å². The average Bonchev–Trinajstić information content (AvgIpc) is 3.54. The van der Waals surface area contributed by atoms with Gasteiger partial charge in [-0.05, 0) is 62.1 Å². The molecule has 1 aromatic carbocycles. The largest absolute Gasteiger partial charge is 0.507 e. The molecular formula is C24H28FN3O3. The molecule has 6 nitrogen and oxygen atoms in total. The number of aliphatic hydroxyl groups excluding tert-OH is 1. The van der Waals surface area contributed by atoms with E-state index in [0.29, 0.717) is 23.9 Å². The van der Waals surface area contributed by atoms with Gasteiger partial charge in [-0.15, -0.1) is 10.2 Å². The first kappa shape index (κ1) is 19.4. The van der Waals surface area contributed by atoms with Gasteiger partial charge >= 0.3 is 0 Å². The molecule has 4 aliphatic rings. The van der Waals surface area contributed by atoms with Crippen LogP contribution in [-0.4, -0.2) is 38.7 Å². The van der Waals surface area contributed by atoms with Crippen LogP contribution in [0.3, 0.4) is 0 Å². The van der Waals surface area contributed by atoms with Crippen molar-refractivity contribution in [2.24, 2.45) is 0 Å². The molecule has 2 aliphatic carbocycles. The van der Waals surface area contributed by atoms with Gasteiger partial charge in [-0.1, -0.05) is 12.8 Å². The molecule has 3 fully saturated rings. The minimum absolute atomic E-state index is 0.0542. The molecule has 2 aromatic rings. The second kappa shape index (κ2) is 7.41. The fraction of sp³-hybridized carbons (Fsp3) is 0.583. The van der Waals surface area contributed by atoms with Gasteiger partial charge in [-0.25, -0.2) is 4.39 Å². The Morgan fingerprint density at radius 1 is 1.03 bits per heavy atom. The Morgan fingerprint density at radius 3 is 2.65 bits per heavy atom. The van der Waals surface area contributed by atoms with E-state index in [1.165, 1.54) is 6.07 Å². The lowest BCUT2D eigenvalue weighted by atomic mass is 9.90. The quantitative estimate of drug-likeness (QED) is 0.675. The van der Waals surface area contributed by atoms with Gasteiger partial charge in [-0.2, -0.15) is 0 Å². The normalized spacial score (nSPS) is 29.6. The molecular weight excluding hydrogens is 397 g/mol. The van der Waals surface area contributed by atoms with E-state index in [1.54, 1.807) is 6.07 Å². The van der Waals surface area contributed by atoms with E-state index in [2.05, 4.69) is 15.5 Å². The third-order valence-corrected chi connectivity index (χ3v) is 7.41. The molecule has 0 amide bonds. The molecule has 2 bridgehead atoms. The van der Waals surface area contributed by atoms with Crippen LogP contribution in [0.5, 0.6) is 5.75 Å². The molecule has 2 unspecified atom stereocenters. The average molecular weight is 426 g/mol. The number of anilines is 1. The Balaban J connectivity index is 1.44. The zero-order chi connectivity index (χ0) is 21.1. The monoisotopic (exact) mass is 425 g/mol. The Kier molecular flexibility index (Phi) is 4.65. The van der Waals surface area contributed by atoms with Crippen LogP contribution in [-0.2, 0) is 11.2 Å². The maximum atomic E-state index is 15.2. The molecule has 2 saturated carbocycles. The predicted molar refractivity (Wildman–Crippen MR) is 114 cm³/mol. The fourth-order valence-electron chi connectivity index (χ4n) is 5.59. The zero-order valence-corrected chi connectivity index (χ0v) is 17.5. The highest BCUT2D eigenvalue weighted by Crippen LogP contribution is 2.49. The number of aromatic hydroxyl groups is 1. The number of nitrogens with zero attached hydrogens (tertiary/aromatic N) is 2. The first-order valence-electron chi connectivity index (χ1n) is 11.6. The van der Waals surface area contributed by atoms with Crippen LogP contribution in [0.2, 0.25) is 0 Å². The number of rotatable bonds is 4. The van der Waals surface area contributed by atoms with Gasteiger partial charge in [0.05, 0.1) is 29.9 Å². The van der Waals surface area contributed by atoms with Gasteiger partial charge in [0.2, 0.25) is 0 Å². The lowest BCUT2D eigenvalue weighted by molar-refractivity contribution is 0.0324. The van der Waals surface area contributed by atoms with Crippen LogP contribution >= 0.6 is 0 Å².